The van der Waals surface area contributed by atoms with Gasteiger partial charge in [-0.3, -0.25) is 9.59 Å². The Kier molecular flexibility index (Phi) is 4.44. The molecular weight excluding hydrogens is 296 g/mol. The van der Waals surface area contributed by atoms with Crippen LogP contribution in [-0.4, -0.2) is 17.6 Å². The highest BCUT2D eigenvalue weighted by molar-refractivity contribution is 7.99. The van der Waals surface area contributed by atoms with Crippen molar-refractivity contribution in [2.75, 3.05) is 16.4 Å². The van der Waals surface area contributed by atoms with Crippen molar-refractivity contribution in [1.29, 1.82) is 0 Å². The summed E-state index contributed by atoms with van der Waals surface area (Å²) in [6.45, 7) is 0. The smallest absolute Gasteiger partial charge is 0.228 e. The number of carbonyl (C=O) groups is 2. The first-order valence-electron chi connectivity index (χ1n) is 7.10. The quantitative estimate of drug-likeness (QED) is 0.913. The topological polar surface area (TPSA) is 58.2 Å². The number of fused-ring (bicyclic) bond motifs is 1. The summed E-state index contributed by atoms with van der Waals surface area (Å²) in [5.41, 5.74) is 1.57. The molecule has 0 spiro atoms. The molecule has 1 atom stereocenters. The molecule has 2 aromatic carbocycles. The molecule has 0 fully saturated rings. The maximum absolute atomic E-state index is 12.3. The van der Waals surface area contributed by atoms with Crippen molar-refractivity contribution in [3.05, 3.63) is 54.6 Å². The van der Waals surface area contributed by atoms with Gasteiger partial charge in [-0.15, -0.1) is 11.8 Å². The fraction of sp³-hybridized carbons (Fsp3) is 0.176. The summed E-state index contributed by atoms with van der Waals surface area (Å²) in [6, 6.07) is 17.0. The molecule has 2 amide bonds. The number of rotatable bonds is 3. The zero-order chi connectivity index (χ0) is 15.4. The largest absolute Gasteiger partial charge is 0.326 e. The van der Waals surface area contributed by atoms with E-state index in [-0.39, 0.29) is 24.2 Å². The van der Waals surface area contributed by atoms with Crippen molar-refractivity contribution in [1.82, 2.24) is 0 Å². The minimum absolute atomic E-state index is 0.0966. The van der Waals surface area contributed by atoms with E-state index in [1.165, 1.54) is 0 Å². The van der Waals surface area contributed by atoms with Gasteiger partial charge in [0.05, 0.1) is 11.6 Å². The number of benzene rings is 2. The van der Waals surface area contributed by atoms with Crippen LogP contribution in [0.3, 0.4) is 0 Å². The molecule has 5 heteroatoms. The maximum Gasteiger partial charge on any atom is 0.228 e. The van der Waals surface area contributed by atoms with Gasteiger partial charge in [0.25, 0.3) is 0 Å². The lowest BCUT2D eigenvalue weighted by molar-refractivity contribution is -0.124. The van der Waals surface area contributed by atoms with E-state index in [9.17, 15) is 9.59 Å². The monoisotopic (exact) mass is 312 g/mol. The first kappa shape index (κ1) is 14.7. The van der Waals surface area contributed by atoms with Gasteiger partial charge in [-0.25, -0.2) is 0 Å². The first-order valence-corrected chi connectivity index (χ1v) is 8.08. The summed E-state index contributed by atoms with van der Waals surface area (Å²) >= 11 is 1.61. The lowest BCUT2D eigenvalue weighted by atomic mass is 10.1. The SMILES string of the molecule is O=C(C[C@H]1CSc2ccccc2NC1=O)Nc1ccccc1. The molecule has 3 rings (SSSR count). The highest BCUT2D eigenvalue weighted by Crippen LogP contribution is 2.33. The predicted octanol–water partition coefficient (Wildman–Crippen LogP) is 3.38. The molecule has 112 valence electrons. The van der Waals surface area contributed by atoms with E-state index in [0.717, 1.165) is 16.3 Å². The molecule has 1 aliphatic heterocycles. The summed E-state index contributed by atoms with van der Waals surface area (Å²) in [7, 11) is 0. The summed E-state index contributed by atoms with van der Waals surface area (Å²) in [4.78, 5) is 25.4. The Labute approximate surface area is 133 Å². The van der Waals surface area contributed by atoms with Gasteiger partial charge in [0, 0.05) is 22.8 Å². The highest BCUT2D eigenvalue weighted by Gasteiger charge is 2.26. The molecule has 1 aliphatic rings. The van der Waals surface area contributed by atoms with Crippen LogP contribution >= 0.6 is 11.8 Å². The van der Waals surface area contributed by atoms with Crippen LogP contribution < -0.4 is 10.6 Å². The Hall–Kier alpha value is -2.27. The molecule has 22 heavy (non-hydrogen) atoms. The lowest BCUT2D eigenvalue weighted by Crippen LogP contribution is -2.27. The van der Waals surface area contributed by atoms with E-state index in [4.69, 9.17) is 0 Å². The minimum atomic E-state index is -0.332. The van der Waals surface area contributed by atoms with Crippen LogP contribution in [0.1, 0.15) is 6.42 Å². The number of carbonyl (C=O) groups excluding carboxylic acids is 2. The van der Waals surface area contributed by atoms with Crippen molar-refractivity contribution in [2.24, 2.45) is 5.92 Å². The van der Waals surface area contributed by atoms with Crippen LogP contribution in [0, 0.1) is 5.92 Å². The van der Waals surface area contributed by atoms with Crippen molar-refractivity contribution in [3.8, 4) is 0 Å². The number of para-hydroxylation sites is 2. The second-order valence-electron chi connectivity index (χ2n) is 5.11. The summed E-state index contributed by atoms with van der Waals surface area (Å²) in [5, 5.41) is 5.73. The number of amides is 2. The van der Waals surface area contributed by atoms with Crippen LogP contribution in [0.2, 0.25) is 0 Å². The molecule has 2 aromatic rings. The van der Waals surface area contributed by atoms with Gasteiger partial charge in [0.15, 0.2) is 0 Å². The normalized spacial score (nSPS) is 17.1. The summed E-state index contributed by atoms with van der Waals surface area (Å²) in [6.07, 6.45) is 0.182. The van der Waals surface area contributed by atoms with E-state index in [1.807, 2.05) is 54.6 Å². The Morgan fingerprint density at radius 1 is 1.14 bits per heavy atom. The number of nitrogens with one attached hydrogen (secondary N) is 2. The van der Waals surface area contributed by atoms with Crippen LogP contribution in [0.25, 0.3) is 0 Å². The molecule has 0 saturated heterocycles. The van der Waals surface area contributed by atoms with E-state index in [0.29, 0.717) is 5.75 Å². The minimum Gasteiger partial charge on any atom is -0.326 e. The van der Waals surface area contributed by atoms with Crippen molar-refractivity contribution in [3.63, 3.8) is 0 Å². The van der Waals surface area contributed by atoms with Crippen LogP contribution in [0.5, 0.6) is 0 Å². The molecule has 0 unspecified atom stereocenters. The molecule has 2 N–H and O–H groups in total. The van der Waals surface area contributed by atoms with Gasteiger partial charge < -0.3 is 10.6 Å². The van der Waals surface area contributed by atoms with Crippen molar-refractivity contribution >= 4 is 35.0 Å². The summed E-state index contributed by atoms with van der Waals surface area (Å²) in [5.74, 6) is 0.0325. The van der Waals surface area contributed by atoms with Crippen molar-refractivity contribution < 1.29 is 9.59 Å². The molecule has 1 heterocycles. The number of thioether (sulfide) groups is 1. The fourth-order valence-corrected chi connectivity index (χ4v) is 3.40. The van der Waals surface area contributed by atoms with Crippen molar-refractivity contribution in [2.45, 2.75) is 11.3 Å². The Balaban J connectivity index is 1.64. The second-order valence-corrected chi connectivity index (χ2v) is 6.17. The van der Waals surface area contributed by atoms with Gasteiger partial charge >= 0.3 is 0 Å². The fourth-order valence-electron chi connectivity index (χ4n) is 2.31. The molecular formula is C17H16N2O2S. The predicted molar refractivity (Wildman–Crippen MR) is 89.0 cm³/mol. The number of anilines is 2. The third-order valence-electron chi connectivity index (χ3n) is 3.45. The Bertz CT molecular complexity index is 688. The Morgan fingerprint density at radius 2 is 1.86 bits per heavy atom. The van der Waals surface area contributed by atoms with Gasteiger partial charge in [-0.1, -0.05) is 30.3 Å². The third-order valence-corrected chi connectivity index (χ3v) is 4.68. The van der Waals surface area contributed by atoms with Crippen LogP contribution in [0.15, 0.2) is 59.5 Å². The number of hydrogen-bond donors (Lipinski definition) is 2. The zero-order valence-corrected chi connectivity index (χ0v) is 12.7. The average molecular weight is 312 g/mol. The van der Waals surface area contributed by atoms with E-state index < -0.39 is 0 Å². The van der Waals surface area contributed by atoms with E-state index in [2.05, 4.69) is 10.6 Å². The standard InChI is InChI=1S/C17H16N2O2S/c20-16(18-13-6-2-1-3-7-13)10-12-11-22-15-9-5-4-8-14(15)19-17(12)21/h1-9,12H,10-11H2,(H,18,20)(H,19,21)/t12-/m0/s1. The Morgan fingerprint density at radius 3 is 2.68 bits per heavy atom. The zero-order valence-electron chi connectivity index (χ0n) is 11.9. The molecule has 0 bridgehead atoms. The molecule has 0 aromatic heterocycles. The molecule has 0 saturated carbocycles. The lowest BCUT2D eigenvalue weighted by Gasteiger charge is -2.12. The van der Waals surface area contributed by atoms with Gasteiger partial charge in [-0.2, -0.15) is 0 Å². The molecule has 0 aliphatic carbocycles. The van der Waals surface area contributed by atoms with Crippen LogP contribution in [0.4, 0.5) is 11.4 Å². The van der Waals surface area contributed by atoms with Crippen LogP contribution in [-0.2, 0) is 9.59 Å². The van der Waals surface area contributed by atoms with Gasteiger partial charge in [-0.05, 0) is 24.3 Å². The highest BCUT2D eigenvalue weighted by atomic mass is 32.2. The number of hydrogen-bond acceptors (Lipinski definition) is 3. The third kappa shape index (κ3) is 3.49. The van der Waals surface area contributed by atoms with E-state index in [1.54, 1.807) is 11.8 Å². The summed E-state index contributed by atoms with van der Waals surface area (Å²) < 4.78 is 0. The second kappa shape index (κ2) is 6.66. The maximum atomic E-state index is 12.3. The molecule has 4 nitrogen and oxygen atoms in total. The van der Waals surface area contributed by atoms with E-state index >= 15 is 0 Å². The first-order chi connectivity index (χ1) is 10.7. The average Bonchev–Trinajstić information content (AvgIpc) is 2.68. The van der Waals surface area contributed by atoms with Gasteiger partial charge in [0.2, 0.25) is 11.8 Å². The van der Waals surface area contributed by atoms with Gasteiger partial charge in [0.1, 0.15) is 0 Å². The molecule has 0 radical (unpaired) electrons.